The second-order valence-corrected chi connectivity index (χ2v) is 7.10. The summed E-state index contributed by atoms with van der Waals surface area (Å²) < 4.78 is 86.0. The van der Waals surface area contributed by atoms with E-state index in [9.17, 15) is 26.3 Å². The monoisotopic (exact) mass is 466 g/mol. The lowest BCUT2D eigenvalue weighted by molar-refractivity contribution is -0.140. The van der Waals surface area contributed by atoms with Gasteiger partial charge in [-0.1, -0.05) is 25.1 Å². The second kappa shape index (κ2) is 8.05. The molecule has 0 spiro atoms. The fourth-order valence-electron chi connectivity index (χ4n) is 3.47. The summed E-state index contributed by atoms with van der Waals surface area (Å²) in [6.45, 7) is 1.64. The van der Waals surface area contributed by atoms with Crippen LogP contribution in [0.3, 0.4) is 0 Å². The summed E-state index contributed by atoms with van der Waals surface area (Å²) in [5.74, 6) is -0.00208. The molecule has 4 aromatic rings. The summed E-state index contributed by atoms with van der Waals surface area (Å²) in [4.78, 5) is 14.6. The van der Waals surface area contributed by atoms with Gasteiger partial charge < -0.3 is 9.72 Å². The summed E-state index contributed by atoms with van der Waals surface area (Å²) in [5, 5.41) is 0. The Hall–Kier alpha value is -3.63. The lowest BCUT2D eigenvalue weighted by Gasteiger charge is -2.11. The quantitative estimate of drug-likeness (QED) is 0.359. The number of aromatic nitrogens is 4. The minimum atomic E-state index is -4.84. The minimum Gasteiger partial charge on any atom is -0.496 e. The number of aryl methyl sites for hydroxylation is 1. The highest BCUT2D eigenvalue weighted by molar-refractivity contribution is 5.81. The molecule has 0 aliphatic heterocycles. The molecule has 0 amide bonds. The maximum atomic E-state index is 13.8. The third kappa shape index (κ3) is 4.22. The molecule has 0 aliphatic rings. The number of hydrogen-bond acceptors (Lipinski definition) is 4. The van der Waals surface area contributed by atoms with Crippen molar-refractivity contribution < 1.29 is 31.1 Å². The first-order valence-electron chi connectivity index (χ1n) is 9.71. The van der Waals surface area contributed by atoms with Crippen molar-refractivity contribution in [3.8, 4) is 28.5 Å². The number of H-pyrrole nitrogens is 1. The average Bonchev–Trinajstić information content (AvgIpc) is 3.20. The van der Waals surface area contributed by atoms with Crippen LogP contribution in [0, 0.1) is 0 Å². The smallest absolute Gasteiger partial charge is 0.435 e. The van der Waals surface area contributed by atoms with Gasteiger partial charge in [0.15, 0.2) is 17.2 Å². The molecule has 33 heavy (non-hydrogen) atoms. The molecule has 0 aliphatic carbocycles. The zero-order valence-electron chi connectivity index (χ0n) is 17.3. The third-order valence-electron chi connectivity index (χ3n) is 5.04. The van der Waals surface area contributed by atoms with E-state index in [2.05, 4.69) is 19.9 Å². The number of fused-ring (bicyclic) bond motifs is 1. The molecule has 1 N–H and O–H groups in total. The van der Waals surface area contributed by atoms with Gasteiger partial charge in [0, 0.05) is 5.56 Å². The highest BCUT2D eigenvalue weighted by Crippen LogP contribution is 2.37. The maximum Gasteiger partial charge on any atom is 0.435 e. The summed E-state index contributed by atoms with van der Waals surface area (Å²) in [6, 6.07) is 9.32. The van der Waals surface area contributed by atoms with E-state index in [0.29, 0.717) is 0 Å². The van der Waals surface area contributed by atoms with Gasteiger partial charge in [0.1, 0.15) is 17.1 Å². The molecule has 5 nitrogen and oxygen atoms in total. The summed E-state index contributed by atoms with van der Waals surface area (Å²) >= 11 is 0. The van der Waals surface area contributed by atoms with E-state index in [0.717, 1.165) is 12.1 Å². The highest BCUT2D eigenvalue weighted by atomic mass is 19.4. The normalized spacial score (nSPS) is 12.4. The second-order valence-electron chi connectivity index (χ2n) is 7.10. The molecule has 2 heterocycles. The van der Waals surface area contributed by atoms with Crippen molar-refractivity contribution in [1.82, 2.24) is 19.9 Å². The van der Waals surface area contributed by atoms with Gasteiger partial charge in [0.05, 0.1) is 18.2 Å². The van der Waals surface area contributed by atoms with Crippen LogP contribution in [0.4, 0.5) is 26.3 Å². The Kier molecular flexibility index (Phi) is 5.51. The Balaban J connectivity index is 1.94. The van der Waals surface area contributed by atoms with Gasteiger partial charge in [0.25, 0.3) is 0 Å². The first-order chi connectivity index (χ1) is 15.5. The van der Waals surface area contributed by atoms with Crippen LogP contribution >= 0.6 is 0 Å². The van der Waals surface area contributed by atoms with Crippen molar-refractivity contribution in [2.45, 2.75) is 25.7 Å². The number of hydrogen-bond donors (Lipinski definition) is 1. The van der Waals surface area contributed by atoms with Crippen LogP contribution in [0.15, 0.2) is 42.5 Å². The standard InChI is InChI=1S/C22H16F6N4O/c1-3-11-10-12(21(23,24)25)8-9-13(11)18-29-16-17(22(26,27)28)30-19(32-20(16)31-18)14-6-4-5-7-15(14)33-2/h4-10H,3H2,1-2H3,(H,29,30,31,32). The molecule has 0 bridgehead atoms. The SMILES string of the molecule is CCc1cc(C(F)(F)F)ccc1-c1nc2nc(-c3ccccc3OC)nc(C(F)(F)F)c2[nH]1. The zero-order valence-corrected chi connectivity index (χ0v) is 17.3. The Morgan fingerprint density at radius 2 is 1.61 bits per heavy atom. The number of halogens is 6. The van der Waals surface area contributed by atoms with Crippen LogP contribution in [0.2, 0.25) is 0 Å². The number of alkyl halides is 6. The van der Waals surface area contributed by atoms with Crippen LogP contribution in [-0.2, 0) is 18.8 Å². The molecule has 0 fully saturated rings. The molecule has 11 heteroatoms. The molecule has 0 saturated carbocycles. The molecule has 0 saturated heterocycles. The van der Waals surface area contributed by atoms with Crippen LogP contribution in [0.5, 0.6) is 5.75 Å². The van der Waals surface area contributed by atoms with Crippen molar-refractivity contribution in [3.63, 3.8) is 0 Å². The van der Waals surface area contributed by atoms with Crippen LogP contribution in [0.25, 0.3) is 33.9 Å². The van der Waals surface area contributed by atoms with Crippen LogP contribution in [-0.4, -0.2) is 27.0 Å². The van der Waals surface area contributed by atoms with Gasteiger partial charge >= 0.3 is 12.4 Å². The molecule has 0 unspecified atom stereocenters. The Bertz CT molecular complexity index is 1330. The van der Waals surface area contributed by atoms with Crippen molar-refractivity contribution >= 4 is 11.2 Å². The number of imidazole rings is 1. The van der Waals surface area contributed by atoms with E-state index in [1.165, 1.54) is 19.2 Å². The fraction of sp³-hybridized carbons (Fsp3) is 0.227. The van der Waals surface area contributed by atoms with E-state index in [-0.39, 0.29) is 46.2 Å². The van der Waals surface area contributed by atoms with E-state index in [1.54, 1.807) is 25.1 Å². The number of rotatable bonds is 4. The van der Waals surface area contributed by atoms with E-state index < -0.39 is 29.1 Å². The van der Waals surface area contributed by atoms with Gasteiger partial charge in [-0.05, 0) is 36.2 Å². The molecule has 2 aromatic carbocycles. The van der Waals surface area contributed by atoms with E-state index in [1.807, 2.05) is 0 Å². The zero-order chi connectivity index (χ0) is 24.0. The van der Waals surface area contributed by atoms with Crippen molar-refractivity contribution in [1.29, 1.82) is 0 Å². The fourth-order valence-corrected chi connectivity index (χ4v) is 3.47. The predicted molar refractivity (Wildman–Crippen MR) is 108 cm³/mol. The molecule has 172 valence electrons. The number of methoxy groups -OCH3 is 1. The number of nitrogens with zero attached hydrogens (tertiary/aromatic N) is 3. The average molecular weight is 466 g/mol. The van der Waals surface area contributed by atoms with Gasteiger partial charge in [-0.3, -0.25) is 0 Å². The van der Waals surface area contributed by atoms with E-state index in [4.69, 9.17) is 4.74 Å². The molecule has 4 rings (SSSR count). The predicted octanol–water partition coefficient (Wildman–Crippen LogP) is 6.30. The topological polar surface area (TPSA) is 63.7 Å². The van der Waals surface area contributed by atoms with Gasteiger partial charge in [-0.15, -0.1) is 0 Å². The lowest BCUT2D eigenvalue weighted by Crippen LogP contribution is -2.11. The van der Waals surface area contributed by atoms with Crippen LogP contribution < -0.4 is 4.74 Å². The van der Waals surface area contributed by atoms with Crippen LogP contribution in [0.1, 0.15) is 23.7 Å². The Labute approximate surface area is 183 Å². The Morgan fingerprint density at radius 1 is 0.879 bits per heavy atom. The maximum absolute atomic E-state index is 13.8. The third-order valence-corrected chi connectivity index (χ3v) is 5.04. The number of nitrogens with one attached hydrogen (secondary N) is 1. The van der Waals surface area contributed by atoms with Crippen molar-refractivity contribution in [2.75, 3.05) is 7.11 Å². The molecule has 0 radical (unpaired) electrons. The summed E-state index contributed by atoms with van der Waals surface area (Å²) in [6.07, 6.45) is -9.18. The Morgan fingerprint density at radius 3 is 2.24 bits per heavy atom. The number of benzene rings is 2. The lowest BCUT2D eigenvalue weighted by atomic mass is 10.0. The first kappa shape index (κ1) is 22.6. The number of aromatic amines is 1. The van der Waals surface area contributed by atoms with Gasteiger partial charge in [0.2, 0.25) is 0 Å². The summed E-state index contributed by atoms with van der Waals surface area (Å²) in [5.41, 5.74) is -2.06. The van der Waals surface area contributed by atoms with Gasteiger partial charge in [-0.25, -0.2) is 15.0 Å². The number of para-hydroxylation sites is 1. The highest BCUT2D eigenvalue weighted by Gasteiger charge is 2.37. The first-order valence-corrected chi connectivity index (χ1v) is 9.71. The van der Waals surface area contributed by atoms with Gasteiger partial charge in [-0.2, -0.15) is 26.3 Å². The molecule has 2 aromatic heterocycles. The largest absolute Gasteiger partial charge is 0.496 e. The van der Waals surface area contributed by atoms with Crippen molar-refractivity contribution in [3.05, 3.63) is 59.3 Å². The summed E-state index contributed by atoms with van der Waals surface area (Å²) in [7, 11) is 1.37. The molecule has 0 atom stereocenters. The minimum absolute atomic E-state index is 0.0347. The van der Waals surface area contributed by atoms with E-state index >= 15 is 0 Å². The molecular formula is C22H16F6N4O. The number of ether oxygens (including phenoxy) is 1. The van der Waals surface area contributed by atoms with Crippen molar-refractivity contribution in [2.24, 2.45) is 0 Å². The molecular weight excluding hydrogens is 450 g/mol.